The van der Waals surface area contributed by atoms with Crippen molar-refractivity contribution >= 4 is 12.0 Å². The van der Waals surface area contributed by atoms with Gasteiger partial charge in [-0.3, -0.25) is 4.79 Å². The van der Waals surface area contributed by atoms with Crippen molar-refractivity contribution in [3.63, 3.8) is 0 Å². The number of aryl methyl sites for hydroxylation is 1. The first-order chi connectivity index (χ1) is 10.1. The Morgan fingerprint density at radius 3 is 2.71 bits per heavy atom. The van der Waals surface area contributed by atoms with E-state index in [1.54, 1.807) is 12.1 Å². The molecule has 2 N–H and O–H groups in total. The molecule has 4 nitrogen and oxygen atoms in total. The molecule has 0 saturated heterocycles. The number of aliphatic hydroxyl groups excluding tert-OH is 1. The number of rotatable bonds is 6. The molecule has 0 saturated carbocycles. The normalized spacial score (nSPS) is 12.5. The lowest BCUT2D eigenvalue weighted by Gasteiger charge is -2.10. The lowest BCUT2D eigenvalue weighted by molar-refractivity contribution is -0.116. The second-order valence-electron chi connectivity index (χ2n) is 4.87. The van der Waals surface area contributed by atoms with E-state index in [0.717, 1.165) is 11.3 Å². The lowest BCUT2D eigenvalue weighted by Crippen LogP contribution is -2.32. The smallest absolute Gasteiger partial charge is 0.244 e. The van der Waals surface area contributed by atoms with E-state index in [1.165, 1.54) is 6.08 Å². The highest BCUT2D eigenvalue weighted by Crippen LogP contribution is 2.07. The monoisotopic (exact) mass is 285 g/mol. The number of carbonyl (C=O) groups excluding carboxylic acids is 1. The third kappa shape index (κ3) is 5.28. The summed E-state index contributed by atoms with van der Waals surface area (Å²) in [5.74, 6) is 1.18. The van der Waals surface area contributed by atoms with Gasteiger partial charge in [0.25, 0.3) is 0 Å². The molecule has 2 rings (SSSR count). The van der Waals surface area contributed by atoms with Gasteiger partial charge in [0.05, 0.1) is 6.10 Å². The van der Waals surface area contributed by atoms with Crippen LogP contribution in [0.1, 0.15) is 17.1 Å². The molecule has 1 atom stereocenters. The molecule has 0 aliphatic rings. The molecule has 1 heterocycles. The van der Waals surface area contributed by atoms with Crippen LogP contribution in [-0.4, -0.2) is 23.7 Å². The van der Waals surface area contributed by atoms with Crippen LogP contribution >= 0.6 is 0 Å². The van der Waals surface area contributed by atoms with Gasteiger partial charge in [-0.1, -0.05) is 30.3 Å². The quantitative estimate of drug-likeness (QED) is 0.801. The Labute approximate surface area is 124 Å². The predicted octanol–water partition coefficient (Wildman–Crippen LogP) is 2.32. The van der Waals surface area contributed by atoms with Crippen LogP contribution in [-0.2, 0) is 11.2 Å². The minimum Gasteiger partial charge on any atom is -0.462 e. The van der Waals surface area contributed by atoms with E-state index in [1.807, 2.05) is 43.3 Å². The van der Waals surface area contributed by atoms with Gasteiger partial charge in [-0.2, -0.15) is 0 Å². The molecule has 0 aliphatic carbocycles. The van der Waals surface area contributed by atoms with Crippen LogP contribution in [0.4, 0.5) is 0 Å². The number of furan rings is 1. The van der Waals surface area contributed by atoms with Crippen molar-refractivity contribution in [1.29, 1.82) is 0 Å². The summed E-state index contributed by atoms with van der Waals surface area (Å²) in [7, 11) is 0. The molecule has 2 aromatic rings. The minimum absolute atomic E-state index is 0.218. The Balaban J connectivity index is 1.74. The van der Waals surface area contributed by atoms with Crippen LogP contribution in [0.25, 0.3) is 6.08 Å². The van der Waals surface area contributed by atoms with Crippen LogP contribution in [0.15, 0.2) is 53.0 Å². The van der Waals surface area contributed by atoms with Gasteiger partial charge in [-0.25, -0.2) is 0 Å². The number of hydrogen-bond donors (Lipinski definition) is 2. The Kier molecular flexibility index (Phi) is 5.35. The zero-order chi connectivity index (χ0) is 15.1. The maximum atomic E-state index is 11.6. The number of amides is 1. The summed E-state index contributed by atoms with van der Waals surface area (Å²) in [5, 5.41) is 12.5. The molecule has 1 amide bonds. The average molecular weight is 285 g/mol. The lowest BCUT2D eigenvalue weighted by atomic mass is 10.1. The van der Waals surface area contributed by atoms with Gasteiger partial charge in [0.2, 0.25) is 5.91 Å². The van der Waals surface area contributed by atoms with E-state index < -0.39 is 6.10 Å². The second-order valence-corrected chi connectivity index (χ2v) is 4.87. The molecular formula is C17H19NO3. The van der Waals surface area contributed by atoms with E-state index in [2.05, 4.69) is 5.32 Å². The Morgan fingerprint density at radius 1 is 1.29 bits per heavy atom. The van der Waals surface area contributed by atoms with Crippen molar-refractivity contribution in [3.05, 3.63) is 65.6 Å². The number of hydrogen-bond acceptors (Lipinski definition) is 3. The Hall–Kier alpha value is -2.33. The molecule has 110 valence electrons. The molecule has 1 aromatic carbocycles. The van der Waals surface area contributed by atoms with Crippen molar-refractivity contribution in [2.75, 3.05) is 6.54 Å². The molecule has 0 fully saturated rings. The fraction of sp³-hybridized carbons (Fsp3) is 0.235. The topological polar surface area (TPSA) is 62.5 Å². The van der Waals surface area contributed by atoms with Gasteiger partial charge < -0.3 is 14.8 Å². The third-order valence-corrected chi connectivity index (χ3v) is 2.99. The third-order valence-electron chi connectivity index (χ3n) is 2.99. The molecule has 21 heavy (non-hydrogen) atoms. The summed E-state index contributed by atoms with van der Waals surface area (Å²) >= 11 is 0. The van der Waals surface area contributed by atoms with Gasteiger partial charge in [-0.05, 0) is 30.7 Å². The SMILES string of the molecule is Cc1ccc(/C=C/C(=O)NCC(O)Cc2ccccc2)o1. The van der Waals surface area contributed by atoms with E-state index in [-0.39, 0.29) is 12.5 Å². The molecule has 4 heteroatoms. The zero-order valence-electron chi connectivity index (χ0n) is 12.0. The average Bonchev–Trinajstić information content (AvgIpc) is 2.90. The van der Waals surface area contributed by atoms with Crippen LogP contribution in [0, 0.1) is 6.92 Å². The maximum absolute atomic E-state index is 11.6. The van der Waals surface area contributed by atoms with Gasteiger partial charge in [-0.15, -0.1) is 0 Å². The van der Waals surface area contributed by atoms with Crippen LogP contribution < -0.4 is 5.32 Å². The summed E-state index contributed by atoms with van der Waals surface area (Å²) in [6, 6.07) is 13.3. The second kappa shape index (κ2) is 7.45. The van der Waals surface area contributed by atoms with E-state index in [4.69, 9.17) is 4.42 Å². The molecule has 1 aromatic heterocycles. The van der Waals surface area contributed by atoms with E-state index >= 15 is 0 Å². The van der Waals surface area contributed by atoms with Crippen molar-refractivity contribution in [3.8, 4) is 0 Å². The minimum atomic E-state index is -0.601. The van der Waals surface area contributed by atoms with Gasteiger partial charge >= 0.3 is 0 Å². The van der Waals surface area contributed by atoms with Gasteiger partial charge in [0.1, 0.15) is 11.5 Å². The highest BCUT2D eigenvalue weighted by Gasteiger charge is 2.06. The zero-order valence-corrected chi connectivity index (χ0v) is 12.0. The van der Waals surface area contributed by atoms with E-state index in [9.17, 15) is 9.90 Å². The Morgan fingerprint density at radius 2 is 2.05 bits per heavy atom. The van der Waals surface area contributed by atoms with Crippen molar-refractivity contribution in [2.24, 2.45) is 0 Å². The van der Waals surface area contributed by atoms with Crippen molar-refractivity contribution in [1.82, 2.24) is 5.32 Å². The largest absolute Gasteiger partial charge is 0.462 e. The summed E-state index contributed by atoms with van der Waals surface area (Å²) in [5.41, 5.74) is 1.04. The number of carbonyl (C=O) groups is 1. The summed E-state index contributed by atoms with van der Waals surface area (Å²) in [4.78, 5) is 11.6. The molecule has 0 aliphatic heterocycles. The maximum Gasteiger partial charge on any atom is 0.244 e. The van der Waals surface area contributed by atoms with E-state index in [0.29, 0.717) is 12.2 Å². The van der Waals surface area contributed by atoms with Crippen molar-refractivity contribution < 1.29 is 14.3 Å². The predicted molar refractivity (Wildman–Crippen MR) is 81.6 cm³/mol. The summed E-state index contributed by atoms with van der Waals surface area (Å²) < 4.78 is 5.32. The first kappa shape index (κ1) is 15.1. The Bertz CT molecular complexity index is 602. The molecule has 0 spiro atoms. The molecule has 0 radical (unpaired) electrons. The number of aliphatic hydroxyl groups is 1. The van der Waals surface area contributed by atoms with Gasteiger partial charge in [0, 0.05) is 19.0 Å². The molecule has 0 bridgehead atoms. The van der Waals surface area contributed by atoms with Crippen LogP contribution in [0.3, 0.4) is 0 Å². The number of nitrogens with one attached hydrogen (secondary N) is 1. The molecular weight excluding hydrogens is 266 g/mol. The summed E-state index contributed by atoms with van der Waals surface area (Å²) in [6.07, 6.45) is 2.91. The van der Waals surface area contributed by atoms with Crippen LogP contribution in [0.2, 0.25) is 0 Å². The fourth-order valence-electron chi connectivity index (χ4n) is 1.94. The highest BCUT2D eigenvalue weighted by atomic mass is 16.3. The summed E-state index contributed by atoms with van der Waals surface area (Å²) in [6.45, 7) is 2.06. The first-order valence-electron chi connectivity index (χ1n) is 6.88. The number of benzene rings is 1. The molecule has 1 unspecified atom stereocenters. The van der Waals surface area contributed by atoms with Crippen molar-refractivity contribution in [2.45, 2.75) is 19.4 Å². The highest BCUT2D eigenvalue weighted by molar-refractivity contribution is 5.91. The standard InChI is InChI=1S/C17H19NO3/c1-13-7-8-16(21-13)9-10-17(20)18-12-15(19)11-14-5-3-2-4-6-14/h2-10,15,19H,11-12H2,1H3,(H,18,20)/b10-9+. The first-order valence-corrected chi connectivity index (χ1v) is 6.88. The van der Waals surface area contributed by atoms with Crippen LogP contribution in [0.5, 0.6) is 0 Å². The van der Waals surface area contributed by atoms with Gasteiger partial charge in [0.15, 0.2) is 0 Å². The fourth-order valence-corrected chi connectivity index (χ4v) is 1.94.